The van der Waals surface area contributed by atoms with Crippen LogP contribution in [0.4, 0.5) is 5.69 Å². The van der Waals surface area contributed by atoms with Gasteiger partial charge in [0.25, 0.3) is 5.91 Å². The Labute approximate surface area is 132 Å². The van der Waals surface area contributed by atoms with Crippen LogP contribution in [0.15, 0.2) is 36.4 Å². The predicted octanol–water partition coefficient (Wildman–Crippen LogP) is 4.26. The van der Waals surface area contributed by atoms with E-state index in [9.17, 15) is 4.79 Å². The highest BCUT2D eigenvalue weighted by Gasteiger charge is 2.12. The monoisotopic (exact) mass is 325 g/mol. The molecule has 0 aromatic heterocycles. The first kappa shape index (κ1) is 15.5. The van der Waals surface area contributed by atoms with Crippen molar-refractivity contribution in [2.45, 2.75) is 0 Å². The number of carbonyl (C=O) groups excluding carboxylic acids is 1. The van der Waals surface area contributed by atoms with Gasteiger partial charge in [-0.1, -0.05) is 23.2 Å². The van der Waals surface area contributed by atoms with E-state index < -0.39 is 0 Å². The molecule has 0 aliphatic rings. The molecule has 2 rings (SSSR count). The molecule has 0 unspecified atom stereocenters. The van der Waals surface area contributed by atoms with Crippen LogP contribution in [0.2, 0.25) is 10.0 Å². The van der Waals surface area contributed by atoms with Gasteiger partial charge in [0.2, 0.25) is 0 Å². The topological polar surface area (TPSA) is 47.6 Å². The SMILES string of the molecule is COc1ccc(OC)c(NC(=O)c2cc(Cl)cc(Cl)c2)c1. The molecule has 0 spiro atoms. The van der Waals surface area contributed by atoms with Crippen molar-refractivity contribution in [2.75, 3.05) is 19.5 Å². The van der Waals surface area contributed by atoms with Gasteiger partial charge in [0.05, 0.1) is 19.9 Å². The molecule has 21 heavy (non-hydrogen) atoms. The van der Waals surface area contributed by atoms with Crippen LogP contribution in [-0.4, -0.2) is 20.1 Å². The second-order valence-electron chi connectivity index (χ2n) is 4.18. The Morgan fingerprint density at radius 3 is 2.24 bits per heavy atom. The van der Waals surface area contributed by atoms with Crippen molar-refractivity contribution >= 4 is 34.8 Å². The van der Waals surface area contributed by atoms with E-state index in [-0.39, 0.29) is 5.91 Å². The first-order valence-corrected chi connectivity index (χ1v) is 6.78. The number of amides is 1. The van der Waals surface area contributed by atoms with Crippen molar-refractivity contribution < 1.29 is 14.3 Å². The van der Waals surface area contributed by atoms with Gasteiger partial charge < -0.3 is 14.8 Å². The van der Waals surface area contributed by atoms with Gasteiger partial charge in [-0.05, 0) is 30.3 Å². The minimum absolute atomic E-state index is 0.342. The number of methoxy groups -OCH3 is 2. The zero-order valence-corrected chi connectivity index (χ0v) is 13.0. The molecule has 0 heterocycles. The van der Waals surface area contributed by atoms with Crippen molar-refractivity contribution in [1.29, 1.82) is 0 Å². The quantitative estimate of drug-likeness (QED) is 0.913. The molecule has 6 heteroatoms. The highest BCUT2D eigenvalue weighted by atomic mass is 35.5. The smallest absolute Gasteiger partial charge is 0.255 e. The molecule has 2 aromatic carbocycles. The largest absolute Gasteiger partial charge is 0.497 e. The molecule has 2 aromatic rings. The number of halogens is 2. The lowest BCUT2D eigenvalue weighted by atomic mass is 10.2. The van der Waals surface area contributed by atoms with E-state index in [1.165, 1.54) is 19.2 Å². The molecule has 0 saturated heterocycles. The van der Waals surface area contributed by atoms with Crippen molar-refractivity contribution in [1.82, 2.24) is 0 Å². The van der Waals surface area contributed by atoms with Gasteiger partial charge in [-0.25, -0.2) is 0 Å². The summed E-state index contributed by atoms with van der Waals surface area (Å²) in [6, 6.07) is 9.75. The first-order chi connectivity index (χ1) is 10.0. The molecule has 110 valence electrons. The normalized spacial score (nSPS) is 10.1. The second-order valence-corrected chi connectivity index (χ2v) is 5.05. The van der Waals surface area contributed by atoms with E-state index in [1.807, 2.05) is 0 Å². The van der Waals surface area contributed by atoms with Gasteiger partial charge in [0, 0.05) is 21.7 Å². The number of ether oxygens (including phenoxy) is 2. The predicted molar refractivity (Wildman–Crippen MR) is 84.0 cm³/mol. The van der Waals surface area contributed by atoms with Crippen LogP contribution in [0, 0.1) is 0 Å². The van der Waals surface area contributed by atoms with E-state index >= 15 is 0 Å². The standard InChI is InChI=1S/C15H13Cl2NO3/c1-20-12-3-4-14(21-2)13(8-12)18-15(19)9-5-10(16)7-11(17)6-9/h3-8H,1-2H3,(H,18,19). The first-order valence-electron chi connectivity index (χ1n) is 6.03. The van der Waals surface area contributed by atoms with Crippen LogP contribution in [0.5, 0.6) is 11.5 Å². The minimum atomic E-state index is -0.342. The van der Waals surface area contributed by atoms with E-state index in [0.29, 0.717) is 32.8 Å². The molecule has 0 aliphatic carbocycles. The number of hydrogen-bond acceptors (Lipinski definition) is 3. The lowest BCUT2D eigenvalue weighted by Crippen LogP contribution is -2.12. The molecule has 0 atom stereocenters. The summed E-state index contributed by atoms with van der Waals surface area (Å²) in [6.07, 6.45) is 0. The van der Waals surface area contributed by atoms with Crippen molar-refractivity contribution in [3.63, 3.8) is 0 Å². The maximum atomic E-state index is 12.3. The third kappa shape index (κ3) is 3.80. The highest BCUT2D eigenvalue weighted by Crippen LogP contribution is 2.29. The zero-order chi connectivity index (χ0) is 15.4. The van der Waals surface area contributed by atoms with Gasteiger partial charge in [-0.15, -0.1) is 0 Å². The maximum absolute atomic E-state index is 12.3. The molecule has 1 N–H and O–H groups in total. The summed E-state index contributed by atoms with van der Waals surface area (Å²) < 4.78 is 10.3. The molecule has 1 amide bonds. The summed E-state index contributed by atoms with van der Waals surface area (Å²) in [4.78, 5) is 12.3. The van der Waals surface area contributed by atoms with Crippen LogP contribution >= 0.6 is 23.2 Å². The number of rotatable bonds is 4. The highest BCUT2D eigenvalue weighted by molar-refractivity contribution is 6.35. The van der Waals surface area contributed by atoms with Crippen LogP contribution in [0.25, 0.3) is 0 Å². The number of nitrogens with one attached hydrogen (secondary N) is 1. The van der Waals surface area contributed by atoms with Crippen LogP contribution < -0.4 is 14.8 Å². The van der Waals surface area contributed by atoms with Crippen molar-refractivity contribution in [3.8, 4) is 11.5 Å². The van der Waals surface area contributed by atoms with E-state index in [1.54, 1.807) is 31.4 Å². The molecular formula is C15H13Cl2NO3. The number of carbonyl (C=O) groups is 1. The molecular weight excluding hydrogens is 313 g/mol. The summed E-state index contributed by atoms with van der Waals surface area (Å²) in [5.74, 6) is 0.790. The molecule has 0 saturated carbocycles. The zero-order valence-electron chi connectivity index (χ0n) is 11.4. The maximum Gasteiger partial charge on any atom is 0.255 e. The molecule has 0 radical (unpaired) electrons. The van der Waals surface area contributed by atoms with Crippen molar-refractivity contribution in [2.24, 2.45) is 0 Å². The van der Waals surface area contributed by atoms with Gasteiger partial charge in [0.1, 0.15) is 11.5 Å². The van der Waals surface area contributed by atoms with E-state index in [0.717, 1.165) is 0 Å². The van der Waals surface area contributed by atoms with Gasteiger partial charge in [-0.3, -0.25) is 4.79 Å². The molecule has 0 aliphatic heterocycles. The fourth-order valence-corrected chi connectivity index (χ4v) is 2.32. The molecule has 0 fully saturated rings. The number of anilines is 1. The number of benzene rings is 2. The summed E-state index contributed by atoms with van der Waals surface area (Å²) in [7, 11) is 3.07. The molecule has 4 nitrogen and oxygen atoms in total. The lowest BCUT2D eigenvalue weighted by Gasteiger charge is -2.12. The molecule has 0 bridgehead atoms. The average molecular weight is 326 g/mol. The Bertz CT molecular complexity index is 654. The Kier molecular flexibility index (Phi) is 4.94. The summed E-state index contributed by atoms with van der Waals surface area (Å²) in [6.45, 7) is 0. The van der Waals surface area contributed by atoms with Gasteiger partial charge >= 0.3 is 0 Å². The van der Waals surface area contributed by atoms with Crippen LogP contribution in [0.3, 0.4) is 0 Å². The second kappa shape index (κ2) is 6.70. The minimum Gasteiger partial charge on any atom is -0.497 e. The fraction of sp³-hybridized carbons (Fsp3) is 0.133. The fourth-order valence-electron chi connectivity index (χ4n) is 1.79. The number of hydrogen-bond donors (Lipinski definition) is 1. The van der Waals surface area contributed by atoms with E-state index in [4.69, 9.17) is 32.7 Å². The average Bonchev–Trinajstić information content (AvgIpc) is 2.46. The Morgan fingerprint density at radius 1 is 1.00 bits per heavy atom. The lowest BCUT2D eigenvalue weighted by molar-refractivity contribution is 0.102. The Morgan fingerprint density at radius 2 is 1.67 bits per heavy atom. The Hall–Kier alpha value is -1.91. The van der Waals surface area contributed by atoms with Gasteiger partial charge in [-0.2, -0.15) is 0 Å². The Balaban J connectivity index is 2.30. The van der Waals surface area contributed by atoms with Crippen LogP contribution in [-0.2, 0) is 0 Å². The third-order valence-electron chi connectivity index (χ3n) is 2.78. The van der Waals surface area contributed by atoms with Gasteiger partial charge in [0.15, 0.2) is 0 Å². The van der Waals surface area contributed by atoms with Crippen molar-refractivity contribution in [3.05, 3.63) is 52.0 Å². The summed E-state index contributed by atoms with van der Waals surface area (Å²) in [5, 5.41) is 3.53. The summed E-state index contributed by atoms with van der Waals surface area (Å²) >= 11 is 11.8. The van der Waals surface area contributed by atoms with E-state index in [2.05, 4.69) is 5.32 Å². The summed E-state index contributed by atoms with van der Waals surface area (Å²) in [5.41, 5.74) is 0.857. The third-order valence-corrected chi connectivity index (χ3v) is 3.22. The van der Waals surface area contributed by atoms with Crippen LogP contribution in [0.1, 0.15) is 10.4 Å².